The summed E-state index contributed by atoms with van der Waals surface area (Å²) in [5.74, 6) is -0.814. The van der Waals surface area contributed by atoms with Gasteiger partial charge in [0.05, 0.1) is 16.3 Å². The quantitative estimate of drug-likeness (QED) is 0.786. The Morgan fingerprint density at radius 3 is 2.58 bits per heavy atom. The summed E-state index contributed by atoms with van der Waals surface area (Å²) in [5.41, 5.74) is 0.702. The van der Waals surface area contributed by atoms with Crippen LogP contribution < -0.4 is 5.32 Å². The molecule has 0 aliphatic carbocycles. The lowest BCUT2D eigenvalue weighted by molar-refractivity contribution is 0.102. The Kier molecular flexibility index (Phi) is 4.45. The molecule has 2 nitrogen and oxygen atoms in total. The summed E-state index contributed by atoms with van der Waals surface area (Å²) in [6.45, 7) is 0. The lowest BCUT2D eigenvalue weighted by Gasteiger charge is -2.09. The number of rotatable bonds is 2. The maximum absolute atomic E-state index is 12.9. The van der Waals surface area contributed by atoms with E-state index in [9.17, 15) is 9.18 Å². The van der Waals surface area contributed by atoms with E-state index in [2.05, 4.69) is 21.2 Å². The van der Waals surface area contributed by atoms with Crippen molar-refractivity contribution < 1.29 is 9.18 Å². The fourth-order valence-electron chi connectivity index (χ4n) is 1.45. The van der Waals surface area contributed by atoms with E-state index < -0.39 is 11.7 Å². The van der Waals surface area contributed by atoms with Crippen LogP contribution in [0.1, 0.15) is 10.4 Å². The van der Waals surface area contributed by atoms with E-state index in [-0.39, 0.29) is 5.56 Å². The van der Waals surface area contributed by atoms with Gasteiger partial charge in [0.15, 0.2) is 0 Å². The summed E-state index contributed by atoms with van der Waals surface area (Å²) in [4.78, 5) is 12.1. The minimum Gasteiger partial charge on any atom is -0.321 e. The third kappa shape index (κ3) is 3.47. The maximum Gasteiger partial charge on any atom is 0.257 e. The van der Waals surface area contributed by atoms with Crippen LogP contribution in [0, 0.1) is 5.82 Å². The number of benzene rings is 2. The van der Waals surface area contributed by atoms with Gasteiger partial charge >= 0.3 is 0 Å². The monoisotopic (exact) mass is 361 g/mol. The molecular formula is C13H7BrCl2FNO. The van der Waals surface area contributed by atoms with Crippen molar-refractivity contribution in [3.05, 3.63) is 62.3 Å². The first kappa shape index (κ1) is 14.3. The molecule has 0 spiro atoms. The highest BCUT2D eigenvalue weighted by atomic mass is 79.9. The number of hydrogen-bond donors (Lipinski definition) is 1. The molecule has 2 aromatic carbocycles. The van der Waals surface area contributed by atoms with Gasteiger partial charge in [0.25, 0.3) is 5.91 Å². The number of amides is 1. The summed E-state index contributed by atoms with van der Waals surface area (Å²) in [7, 11) is 0. The second kappa shape index (κ2) is 5.90. The first-order chi connectivity index (χ1) is 8.97. The van der Waals surface area contributed by atoms with Crippen LogP contribution in [0.4, 0.5) is 10.1 Å². The molecule has 0 fully saturated rings. The van der Waals surface area contributed by atoms with E-state index in [1.165, 1.54) is 24.3 Å². The third-order valence-electron chi connectivity index (χ3n) is 2.35. The number of carbonyl (C=O) groups excluding carboxylic acids is 1. The van der Waals surface area contributed by atoms with Crippen LogP contribution in [0.5, 0.6) is 0 Å². The van der Waals surface area contributed by atoms with Crippen LogP contribution in [0.2, 0.25) is 10.0 Å². The molecule has 98 valence electrons. The van der Waals surface area contributed by atoms with Crippen LogP contribution in [0.3, 0.4) is 0 Å². The molecule has 0 aliphatic rings. The second-order valence-electron chi connectivity index (χ2n) is 3.70. The van der Waals surface area contributed by atoms with Crippen LogP contribution in [0.25, 0.3) is 0 Å². The van der Waals surface area contributed by atoms with Crippen LogP contribution in [-0.2, 0) is 0 Å². The van der Waals surface area contributed by atoms with Gasteiger partial charge < -0.3 is 5.32 Å². The maximum atomic E-state index is 12.9. The van der Waals surface area contributed by atoms with Crippen molar-refractivity contribution in [2.75, 3.05) is 5.32 Å². The molecule has 0 saturated heterocycles. The minimum atomic E-state index is -0.417. The normalized spacial score (nSPS) is 10.3. The molecule has 6 heteroatoms. The van der Waals surface area contributed by atoms with E-state index in [1.807, 2.05) is 0 Å². The van der Waals surface area contributed by atoms with E-state index in [0.29, 0.717) is 20.2 Å². The van der Waals surface area contributed by atoms with E-state index >= 15 is 0 Å². The van der Waals surface area contributed by atoms with Crippen LogP contribution in [0.15, 0.2) is 40.9 Å². The van der Waals surface area contributed by atoms with Crippen molar-refractivity contribution >= 4 is 50.7 Å². The molecular weight excluding hydrogens is 356 g/mol. The smallest absolute Gasteiger partial charge is 0.257 e. The molecule has 0 bridgehead atoms. The van der Waals surface area contributed by atoms with Gasteiger partial charge in [-0.2, -0.15) is 0 Å². The molecule has 0 aliphatic heterocycles. The molecule has 2 aromatic rings. The van der Waals surface area contributed by atoms with Gasteiger partial charge in [0, 0.05) is 9.50 Å². The number of carbonyl (C=O) groups is 1. The minimum absolute atomic E-state index is 0.255. The third-order valence-corrected chi connectivity index (χ3v) is 3.57. The summed E-state index contributed by atoms with van der Waals surface area (Å²) in [6, 6.07) is 8.56. The van der Waals surface area contributed by atoms with Gasteiger partial charge in [-0.3, -0.25) is 4.79 Å². The topological polar surface area (TPSA) is 29.1 Å². The molecule has 2 rings (SSSR count). The van der Waals surface area contributed by atoms with Gasteiger partial charge in [-0.1, -0.05) is 23.2 Å². The molecule has 0 heterocycles. The standard InChI is InChI=1S/C13H7BrCl2FNO/c14-10-6-8(17)2-4-12(10)18-13(19)9-5-7(15)1-3-11(9)16/h1-6H,(H,18,19). The first-order valence-electron chi connectivity index (χ1n) is 5.19. The molecule has 19 heavy (non-hydrogen) atoms. The van der Waals surface area contributed by atoms with E-state index in [1.54, 1.807) is 12.1 Å². The highest BCUT2D eigenvalue weighted by molar-refractivity contribution is 9.10. The number of hydrogen-bond acceptors (Lipinski definition) is 1. The highest BCUT2D eigenvalue weighted by Gasteiger charge is 2.12. The van der Waals surface area contributed by atoms with E-state index in [0.717, 1.165) is 0 Å². The Morgan fingerprint density at radius 1 is 1.16 bits per heavy atom. The molecule has 0 saturated carbocycles. The van der Waals surface area contributed by atoms with Crippen molar-refractivity contribution in [2.45, 2.75) is 0 Å². The number of halogens is 4. The lowest BCUT2D eigenvalue weighted by atomic mass is 10.2. The first-order valence-corrected chi connectivity index (χ1v) is 6.74. The fraction of sp³-hybridized carbons (Fsp3) is 0. The Morgan fingerprint density at radius 2 is 1.89 bits per heavy atom. The average Bonchev–Trinajstić information content (AvgIpc) is 2.35. The van der Waals surface area contributed by atoms with Gasteiger partial charge in [-0.15, -0.1) is 0 Å². The molecule has 0 atom stereocenters. The van der Waals surface area contributed by atoms with E-state index in [4.69, 9.17) is 23.2 Å². The Labute approximate surface area is 127 Å². The summed E-state index contributed by atoms with van der Waals surface area (Å²) >= 11 is 14.9. The summed E-state index contributed by atoms with van der Waals surface area (Å²) in [5, 5.41) is 3.33. The largest absolute Gasteiger partial charge is 0.321 e. The van der Waals surface area contributed by atoms with Gasteiger partial charge in [-0.05, 0) is 52.3 Å². The Bertz CT molecular complexity index is 649. The van der Waals surface area contributed by atoms with Crippen molar-refractivity contribution in [3.63, 3.8) is 0 Å². The predicted molar refractivity (Wildman–Crippen MR) is 78.5 cm³/mol. The van der Waals surface area contributed by atoms with Crippen LogP contribution in [-0.4, -0.2) is 5.91 Å². The van der Waals surface area contributed by atoms with Gasteiger partial charge in [-0.25, -0.2) is 4.39 Å². The fourth-order valence-corrected chi connectivity index (χ4v) is 2.28. The zero-order valence-electron chi connectivity index (χ0n) is 9.38. The summed E-state index contributed by atoms with van der Waals surface area (Å²) in [6.07, 6.45) is 0. The zero-order chi connectivity index (χ0) is 14.0. The number of anilines is 1. The van der Waals surface area contributed by atoms with Crippen molar-refractivity contribution in [3.8, 4) is 0 Å². The van der Waals surface area contributed by atoms with Crippen molar-refractivity contribution in [1.29, 1.82) is 0 Å². The Balaban J connectivity index is 2.28. The zero-order valence-corrected chi connectivity index (χ0v) is 12.5. The molecule has 0 radical (unpaired) electrons. The highest BCUT2D eigenvalue weighted by Crippen LogP contribution is 2.26. The molecule has 1 amide bonds. The summed E-state index contributed by atoms with van der Waals surface area (Å²) < 4.78 is 13.4. The average molecular weight is 363 g/mol. The van der Waals surface area contributed by atoms with Crippen molar-refractivity contribution in [1.82, 2.24) is 0 Å². The van der Waals surface area contributed by atoms with Crippen LogP contribution >= 0.6 is 39.1 Å². The molecule has 0 aromatic heterocycles. The van der Waals surface area contributed by atoms with Gasteiger partial charge in [0.1, 0.15) is 5.82 Å². The molecule has 0 unspecified atom stereocenters. The predicted octanol–water partition coefficient (Wildman–Crippen LogP) is 5.15. The van der Waals surface area contributed by atoms with Gasteiger partial charge in [0.2, 0.25) is 0 Å². The second-order valence-corrected chi connectivity index (χ2v) is 5.40. The number of nitrogens with one attached hydrogen (secondary N) is 1. The Hall–Kier alpha value is -1.10. The SMILES string of the molecule is O=C(Nc1ccc(F)cc1Br)c1cc(Cl)ccc1Cl. The van der Waals surface area contributed by atoms with Crippen molar-refractivity contribution in [2.24, 2.45) is 0 Å². The molecule has 1 N–H and O–H groups in total. The lowest BCUT2D eigenvalue weighted by Crippen LogP contribution is -2.13.